The van der Waals surface area contributed by atoms with Crippen molar-refractivity contribution in [3.63, 3.8) is 0 Å². The second-order valence-corrected chi connectivity index (χ2v) is 14.9. The van der Waals surface area contributed by atoms with Gasteiger partial charge in [-0.2, -0.15) is 13.2 Å². The highest BCUT2D eigenvalue weighted by molar-refractivity contribution is 7.88. The first-order valence-electron chi connectivity index (χ1n) is 15.9. The minimum Gasteiger partial charge on any atom is -0.373 e. The van der Waals surface area contributed by atoms with Crippen molar-refractivity contribution in [1.82, 2.24) is 24.1 Å². The fourth-order valence-electron chi connectivity index (χ4n) is 7.09. The average Bonchev–Trinajstić information content (AvgIpc) is 3.03. The summed E-state index contributed by atoms with van der Waals surface area (Å²) in [6.45, 7) is 5.19. The van der Waals surface area contributed by atoms with Gasteiger partial charge < -0.3 is 19.9 Å². The number of carbonyl (C=O) groups excluding carboxylic acids is 1. The van der Waals surface area contributed by atoms with E-state index >= 15 is 0 Å². The summed E-state index contributed by atoms with van der Waals surface area (Å²) in [4.78, 5) is 26.5. The fraction of sp³-hybridized carbons (Fsp3) is 0.710. The predicted molar refractivity (Wildman–Crippen MR) is 165 cm³/mol. The second-order valence-electron chi connectivity index (χ2n) is 12.8. The Hall–Kier alpha value is -2.55. The van der Waals surface area contributed by atoms with Gasteiger partial charge in [0.25, 0.3) is 5.91 Å². The molecule has 4 heterocycles. The molecule has 0 saturated carbocycles. The Morgan fingerprint density at radius 1 is 1.09 bits per heavy atom. The Balaban J connectivity index is 1.10. The molecule has 3 atom stereocenters. The van der Waals surface area contributed by atoms with Crippen LogP contribution in [0.25, 0.3) is 0 Å². The van der Waals surface area contributed by atoms with E-state index in [0.717, 1.165) is 64.1 Å². The van der Waals surface area contributed by atoms with Gasteiger partial charge in [0.05, 0.1) is 18.5 Å². The molecule has 3 fully saturated rings. The van der Waals surface area contributed by atoms with Crippen LogP contribution >= 0.6 is 0 Å². The molecule has 14 heteroatoms. The summed E-state index contributed by atoms with van der Waals surface area (Å²) in [6.07, 6.45) is 7.91. The molecule has 1 aromatic heterocycles. The van der Waals surface area contributed by atoms with Crippen LogP contribution in [0.4, 0.5) is 19.0 Å². The number of anilines is 1. The number of carbonyl (C=O) groups is 1. The summed E-state index contributed by atoms with van der Waals surface area (Å²) in [5.41, 5.74) is 0.498. The van der Waals surface area contributed by atoms with Gasteiger partial charge in [0, 0.05) is 55.8 Å². The van der Waals surface area contributed by atoms with Crippen LogP contribution in [0.2, 0.25) is 0 Å². The van der Waals surface area contributed by atoms with E-state index in [1.54, 1.807) is 7.05 Å². The molecular formula is C31H45F3N6O4S. The van der Waals surface area contributed by atoms with Crippen molar-refractivity contribution in [2.45, 2.75) is 88.8 Å². The third-order valence-corrected chi connectivity index (χ3v) is 11.3. The molecule has 1 unspecified atom stereocenters. The van der Waals surface area contributed by atoms with Crippen LogP contribution in [0.3, 0.4) is 0 Å². The highest BCUT2D eigenvalue weighted by Gasteiger charge is 2.38. The maximum absolute atomic E-state index is 13.5. The Labute approximate surface area is 264 Å². The maximum atomic E-state index is 13.5. The van der Waals surface area contributed by atoms with Gasteiger partial charge in [0.2, 0.25) is 10.0 Å². The number of aromatic nitrogens is 2. The lowest BCUT2D eigenvalue weighted by molar-refractivity contribution is -0.101. The number of ether oxygens (including phenoxy) is 1. The SMILES string of the molecule is Cc1c(NC[C@H]2CCC[C@@H](C3C=CC=C(C(F)(F)F)C3)O2)ncnc1C(=O)N1CCC(N2CCC(N(C)S(C)(=O)=O)CC2)CC1. The number of likely N-dealkylation sites (tertiary alicyclic amines) is 2. The number of allylic oxidation sites excluding steroid dienone is 3. The summed E-state index contributed by atoms with van der Waals surface area (Å²) in [5.74, 6) is 0.115. The van der Waals surface area contributed by atoms with Crippen LogP contribution in [0.15, 0.2) is 30.1 Å². The number of sulfonamides is 1. The van der Waals surface area contributed by atoms with Gasteiger partial charge >= 0.3 is 6.18 Å². The van der Waals surface area contributed by atoms with E-state index in [1.165, 1.54) is 23.0 Å². The van der Waals surface area contributed by atoms with E-state index < -0.39 is 21.8 Å². The Bertz CT molecular complexity index is 1370. The first kappa shape index (κ1) is 33.8. The molecule has 0 radical (unpaired) electrons. The smallest absolute Gasteiger partial charge is 0.373 e. The van der Waals surface area contributed by atoms with Gasteiger partial charge in [0.15, 0.2) is 0 Å². The van der Waals surface area contributed by atoms with E-state index in [0.29, 0.717) is 42.8 Å². The molecule has 5 rings (SSSR count). The molecular weight excluding hydrogens is 609 g/mol. The number of amides is 1. The monoisotopic (exact) mass is 654 g/mol. The van der Waals surface area contributed by atoms with Crippen LogP contribution < -0.4 is 5.32 Å². The molecule has 4 aliphatic rings. The van der Waals surface area contributed by atoms with Gasteiger partial charge in [-0.25, -0.2) is 22.7 Å². The molecule has 3 saturated heterocycles. The molecule has 10 nitrogen and oxygen atoms in total. The molecule has 1 aromatic rings. The lowest BCUT2D eigenvalue weighted by Crippen LogP contribution is -2.52. The van der Waals surface area contributed by atoms with Crippen molar-refractivity contribution >= 4 is 21.7 Å². The zero-order valence-electron chi connectivity index (χ0n) is 26.3. The van der Waals surface area contributed by atoms with Crippen molar-refractivity contribution in [3.05, 3.63) is 41.4 Å². The molecule has 0 bridgehead atoms. The van der Waals surface area contributed by atoms with Crippen LogP contribution in [-0.4, -0.2) is 115 Å². The summed E-state index contributed by atoms with van der Waals surface area (Å²) >= 11 is 0. The molecule has 250 valence electrons. The molecule has 1 N–H and O–H groups in total. The normalized spacial score (nSPS) is 26.2. The molecule has 3 aliphatic heterocycles. The van der Waals surface area contributed by atoms with Crippen LogP contribution in [0, 0.1) is 12.8 Å². The van der Waals surface area contributed by atoms with E-state index in [1.807, 2.05) is 17.9 Å². The van der Waals surface area contributed by atoms with E-state index in [2.05, 4.69) is 20.2 Å². The first-order chi connectivity index (χ1) is 21.3. The van der Waals surface area contributed by atoms with Crippen molar-refractivity contribution in [3.8, 4) is 0 Å². The number of nitrogens with one attached hydrogen (secondary N) is 1. The average molecular weight is 655 g/mol. The lowest BCUT2D eigenvalue weighted by atomic mass is 9.85. The van der Waals surface area contributed by atoms with Crippen LogP contribution in [-0.2, 0) is 14.8 Å². The minimum absolute atomic E-state index is 0.0329. The number of rotatable bonds is 8. The van der Waals surface area contributed by atoms with Crippen molar-refractivity contribution in [2.75, 3.05) is 51.3 Å². The quantitative estimate of drug-likeness (QED) is 0.446. The number of hydrogen-bond acceptors (Lipinski definition) is 8. The minimum atomic E-state index is -4.33. The Morgan fingerprint density at radius 2 is 1.80 bits per heavy atom. The number of hydrogen-bond donors (Lipinski definition) is 1. The number of piperidine rings is 2. The fourth-order valence-corrected chi connectivity index (χ4v) is 7.84. The summed E-state index contributed by atoms with van der Waals surface area (Å²) in [6, 6.07) is 0.396. The highest BCUT2D eigenvalue weighted by atomic mass is 32.2. The first-order valence-corrected chi connectivity index (χ1v) is 17.8. The molecule has 0 aromatic carbocycles. The Morgan fingerprint density at radius 3 is 2.47 bits per heavy atom. The zero-order chi connectivity index (χ0) is 32.4. The predicted octanol–water partition coefficient (Wildman–Crippen LogP) is 4.16. The van der Waals surface area contributed by atoms with Gasteiger partial charge in [-0.15, -0.1) is 0 Å². The summed E-state index contributed by atoms with van der Waals surface area (Å²) in [5, 5.41) is 3.30. The second kappa shape index (κ2) is 14.1. The maximum Gasteiger partial charge on any atom is 0.412 e. The third kappa shape index (κ3) is 8.25. The largest absolute Gasteiger partial charge is 0.412 e. The summed E-state index contributed by atoms with van der Waals surface area (Å²) < 4.78 is 71.3. The van der Waals surface area contributed by atoms with Crippen molar-refractivity contribution in [1.29, 1.82) is 0 Å². The van der Waals surface area contributed by atoms with E-state index in [4.69, 9.17) is 4.74 Å². The van der Waals surface area contributed by atoms with Gasteiger partial charge in [-0.1, -0.05) is 18.2 Å². The van der Waals surface area contributed by atoms with Crippen LogP contribution in [0.5, 0.6) is 0 Å². The van der Waals surface area contributed by atoms with Gasteiger partial charge in [-0.3, -0.25) is 4.79 Å². The molecule has 1 amide bonds. The number of halogens is 3. The van der Waals surface area contributed by atoms with Crippen LogP contribution in [0.1, 0.15) is 67.4 Å². The Kier molecular flexibility index (Phi) is 10.6. The van der Waals surface area contributed by atoms with E-state index in [-0.39, 0.29) is 36.5 Å². The number of nitrogens with zero attached hydrogens (tertiary/aromatic N) is 5. The van der Waals surface area contributed by atoms with Gasteiger partial charge in [0.1, 0.15) is 17.8 Å². The lowest BCUT2D eigenvalue weighted by Gasteiger charge is -2.43. The standard InChI is InChI=1S/C31H45F3N6O4S/c1-21-28(30(41)40-16-12-25(13-17-40)39-14-10-24(11-15-39)38(2)45(3,42)43)36-20-37-29(21)35-19-26-8-5-9-27(44-26)22-6-4-7-23(18-22)31(32,33)34/h4,6-7,20,22,24-27H,5,8-19H2,1-3H3,(H,35,36,37)/t22?,26-,27+/m1/s1. The van der Waals surface area contributed by atoms with Crippen molar-refractivity contribution in [2.24, 2.45) is 5.92 Å². The summed E-state index contributed by atoms with van der Waals surface area (Å²) in [7, 11) is -1.55. The molecule has 45 heavy (non-hydrogen) atoms. The zero-order valence-corrected chi connectivity index (χ0v) is 27.1. The third-order valence-electron chi connectivity index (χ3n) is 9.92. The van der Waals surface area contributed by atoms with Crippen molar-refractivity contribution < 1.29 is 31.1 Å². The van der Waals surface area contributed by atoms with E-state index in [9.17, 15) is 26.4 Å². The van der Waals surface area contributed by atoms with Gasteiger partial charge in [-0.05, 0) is 71.4 Å². The molecule has 1 aliphatic carbocycles. The highest BCUT2D eigenvalue weighted by Crippen LogP contribution is 2.37. The topological polar surface area (TPSA) is 108 Å². The molecule has 0 spiro atoms. The number of alkyl halides is 3.